The van der Waals surface area contributed by atoms with Crippen molar-refractivity contribution in [3.8, 4) is 0 Å². The van der Waals surface area contributed by atoms with Crippen LogP contribution in [0.2, 0.25) is 0 Å². The first kappa shape index (κ1) is 13.0. The van der Waals surface area contributed by atoms with E-state index in [1.165, 1.54) is 9.13 Å². The van der Waals surface area contributed by atoms with Crippen LogP contribution >= 0.6 is 15.9 Å². The van der Waals surface area contributed by atoms with Crippen molar-refractivity contribution >= 4 is 27.1 Å². The van der Waals surface area contributed by atoms with Crippen LogP contribution in [0.25, 0.3) is 11.2 Å². The molecule has 0 bridgehead atoms. The predicted octanol–water partition coefficient (Wildman–Crippen LogP) is 0.315. The van der Waals surface area contributed by atoms with Crippen LogP contribution in [0.1, 0.15) is 6.92 Å². The standard InChI is InChI=1S/C10H13BrN4O3/c1-3-14-8(16)6-7(13-9(11)12-6)15(10(14)17)4-5-18-2/h3-5H2,1-2H3,(H,12,13). The average Bonchev–Trinajstić information content (AvgIpc) is 2.72. The first-order valence-electron chi connectivity index (χ1n) is 5.48. The van der Waals surface area contributed by atoms with Gasteiger partial charge in [-0.1, -0.05) is 0 Å². The first-order chi connectivity index (χ1) is 8.60. The van der Waals surface area contributed by atoms with Gasteiger partial charge in [0.15, 0.2) is 15.9 Å². The van der Waals surface area contributed by atoms with E-state index in [1.54, 1.807) is 14.0 Å². The van der Waals surface area contributed by atoms with Crippen LogP contribution < -0.4 is 11.2 Å². The van der Waals surface area contributed by atoms with Gasteiger partial charge >= 0.3 is 5.69 Å². The second kappa shape index (κ2) is 5.07. The molecule has 0 unspecified atom stereocenters. The number of halogens is 1. The molecule has 8 heteroatoms. The molecular formula is C10H13BrN4O3. The fourth-order valence-corrected chi connectivity index (χ4v) is 2.17. The topological polar surface area (TPSA) is 81.9 Å². The fraction of sp³-hybridized carbons (Fsp3) is 0.500. The molecule has 0 radical (unpaired) electrons. The number of fused-ring (bicyclic) bond motifs is 1. The van der Waals surface area contributed by atoms with Crippen molar-refractivity contribution in [3.63, 3.8) is 0 Å². The third kappa shape index (κ3) is 2.01. The summed E-state index contributed by atoms with van der Waals surface area (Å²) in [5.41, 5.74) is -0.0616. The summed E-state index contributed by atoms with van der Waals surface area (Å²) in [5.74, 6) is 0. The third-order valence-electron chi connectivity index (χ3n) is 2.67. The number of rotatable bonds is 4. The van der Waals surface area contributed by atoms with E-state index in [0.717, 1.165) is 0 Å². The van der Waals surface area contributed by atoms with Gasteiger partial charge in [-0.15, -0.1) is 0 Å². The van der Waals surface area contributed by atoms with Gasteiger partial charge in [0, 0.05) is 13.7 Å². The van der Waals surface area contributed by atoms with Gasteiger partial charge in [-0.3, -0.25) is 13.9 Å². The molecule has 7 nitrogen and oxygen atoms in total. The van der Waals surface area contributed by atoms with Crippen LogP contribution in [-0.4, -0.2) is 32.8 Å². The maximum Gasteiger partial charge on any atom is 0.332 e. The van der Waals surface area contributed by atoms with E-state index in [0.29, 0.717) is 35.6 Å². The lowest BCUT2D eigenvalue weighted by molar-refractivity contribution is 0.186. The molecule has 0 fully saturated rings. The predicted molar refractivity (Wildman–Crippen MR) is 69.9 cm³/mol. The minimum atomic E-state index is -0.369. The normalized spacial score (nSPS) is 11.3. The summed E-state index contributed by atoms with van der Waals surface area (Å²) in [7, 11) is 1.55. The number of methoxy groups -OCH3 is 1. The number of nitrogens with one attached hydrogen (secondary N) is 1. The van der Waals surface area contributed by atoms with Gasteiger partial charge in [0.05, 0.1) is 13.2 Å². The SMILES string of the molecule is CCn1c(=O)c2[nH]c(Br)nc2n(CCOC)c1=O. The van der Waals surface area contributed by atoms with Gasteiger partial charge in [0.2, 0.25) is 0 Å². The number of ether oxygens (including phenoxy) is 1. The van der Waals surface area contributed by atoms with Crippen molar-refractivity contribution in [2.45, 2.75) is 20.0 Å². The Morgan fingerprint density at radius 1 is 1.39 bits per heavy atom. The van der Waals surface area contributed by atoms with Crippen LogP contribution in [0.5, 0.6) is 0 Å². The Balaban J connectivity index is 2.81. The Labute approximate surface area is 111 Å². The summed E-state index contributed by atoms with van der Waals surface area (Å²) < 4.78 is 7.99. The first-order valence-corrected chi connectivity index (χ1v) is 6.27. The zero-order valence-corrected chi connectivity index (χ0v) is 11.7. The van der Waals surface area contributed by atoms with Crippen molar-refractivity contribution in [2.24, 2.45) is 0 Å². The van der Waals surface area contributed by atoms with E-state index in [1.807, 2.05) is 0 Å². The minimum Gasteiger partial charge on any atom is -0.383 e. The van der Waals surface area contributed by atoms with E-state index in [4.69, 9.17) is 4.74 Å². The maximum absolute atomic E-state index is 12.2. The Morgan fingerprint density at radius 3 is 2.72 bits per heavy atom. The van der Waals surface area contributed by atoms with Crippen LogP contribution in [0.4, 0.5) is 0 Å². The molecule has 2 heterocycles. The maximum atomic E-state index is 12.2. The Morgan fingerprint density at radius 2 is 2.11 bits per heavy atom. The van der Waals surface area contributed by atoms with Gasteiger partial charge in [-0.25, -0.2) is 9.78 Å². The third-order valence-corrected chi connectivity index (χ3v) is 3.04. The number of hydrogen-bond acceptors (Lipinski definition) is 4. The molecule has 0 aliphatic carbocycles. The quantitative estimate of drug-likeness (QED) is 0.823. The molecule has 2 rings (SSSR count). The zero-order valence-electron chi connectivity index (χ0n) is 10.1. The van der Waals surface area contributed by atoms with Crippen LogP contribution in [0.3, 0.4) is 0 Å². The lowest BCUT2D eigenvalue weighted by Gasteiger charge is -2.09. The second-order valence-corrected chi connectivity index (χ2v) is 4.45. The summed E-state index contributed by atoms with van der Waals surface area (Å²) in [5, 5.41) is 0. The minimum absolute atomic E-state index is 0.317. The Bertz CT molecular complexity index is 685. The van der Waals surface area contributed by atoms with Crippen molar-refractivity contribution in [2.75, 3.05) is 13.7 Å². The number of nitrogens with zero attached hydrogens (tertiary/aromatic N) is 3. The van der Waals surface area contributed by atoms with Crippen LogP contribution in [-0.2, 0) is 17.8 Å². The molecular weight excluding hydrogens is 304 g/mol. The van der Waals surface area contributed by atoms with Crippen LogP contribution in [0, 0.1) is 0 Å². The van der Waals surface area contributed by atoms with E-state index in [2.05, 4.69) is 25.9 Å². The number of H-pyrrole nitrogens is 1. The molecule has 0 saturated heterocycles. The lowest BCUT2D eigenvalue weighted by atomic mass is 10.5. The Kier molecular flexibility index (Phi) is 3.67. The number of imidazole rings is 1. The summed E-state index contributed by atoms with van der Waals surface area (Å²) in [6, 6.07) is 0. The summed E-state index contributed by atoms with van der Waals surface area (Å²) >= 11 is 3.17. The molecule has 0 aromatic carbocycles. The number of aromatic amines is 1. The fourth-order valence-electron chi connectivity index (χ4n) is 1.80. The van der Waals surface area contributed by atoms with Gasteiger partial charge < -0.3 is 9.72 Å². The van der Waals surface area contributed by atoms with Crippen LogP contribution in [0.15, 0.2) is 14.3 Å². The highest BCUT2D eigenvalue weighted by Gasteiger charge is 2.15. The van der Waals surface area contributed by atoms with Crippen molar-refractivity contribution in [1.82, 2.24) is 19.1 Å². The van der Waals surface area contributed by atoms with E-state index in [9.17, 15) is 9.59 Å². The van der Waals surface area contributed by atoms with Crippen molar-refractivity contribution in [3.05, 3.63) is 25.6 Å². The van der Waals surface area contributed by atoms with E-state index < -0.39 is 0 Å². The van der Waals surface area contributed by atoms with Crippen molar-refractivity contribution < 1.29 is 4.74 Å². The number of aromatic nitrogens is 4. The van der Waals surface area contributed by atoms with E-state index >= 15 is 0 Å². The molecule has 0 saturated carbocycles. The smallest absolute Gasteiger partial charge is 0.332 e. The summed E-state index contributed by atoms with van der Waals surface area (Å²) in [4.78, 5) is 31.1. The Hall–Kier alpha value is -1.41. The molecule has 0 spiro atoms. The molecule has 0 amide bonds. The molecule has 2 aromatic rings. The summed E-state index contributed by atoms with van der Waals surface area (Å²) in [6.45, 7) is 2.79. The largest absolute Gasteiger partial charge is 0.383 e. The lowest BCUT2D eigenvalue weighted by Crippen LogP contribution is -2.40. The average molecular weight is 317 g/mol. The molecule has 0 aliphatic rings. The zero-order chi connectivity index (χ0) is 13.3. The van der Waals surface area contributed by atoms with Gasteiger partial charge in [0.1, 0.15) is 0 Å². The van der Waals surface area contributed by atoms with E-state index in [-0.39, 0.29) is 11.2 Å². The highest BCUT2D eigenvalue weighted by Crippen LogP contribution is 2.10. The second-order valence-electron chi connectivity index (χ2n) is 3.70. The number of hydrogen-bond donors (Lipinski definition) is 1. The molecule has 18 heavy (non-hydrogen) atoms. The monoisotopic (exact) mass is 316 g/mol. The highest BCUT2D eigenvalue weighted by atomic mass is 79.9. The van der Waals surface area contributed by atoms with Gasteiger partial charge in [0.25, 0.3) is 5.56 Å². The summed E-state index contributed by atoms with van der Waals surface area (Å²) in [6.07, 6.45) is 0. The highest BCUT2D eigenvalue weighted by molar-refractivity contribution is 9.10. The molecule has 0 aliphatic heterocycles. The van der Waals surface area contributed by atoms with Gasteiger partial charge in [-0.05, 0) is 22.9 Å². The molecule has 0 atom stereocenters. The molecule has 2 aromatic heterocycles. The van der Waals surface area contributed by atoms with Crippen molar-refractivity contribution in [1.29, 1.82) is 0 Å². The van der Waals surface area contributed by atoms with Gasteiger partial charge in [-0.2, -0.15) is 0 Å². The molecule has 1 N–H and O–H groups in total. The molecule has 98 valence electrons.